The number of hydrogen-bond donors (Lipinski definition) is 0. The summed E-state index contributed by atoms with van der Waals surface area (Å²) in [5, 5.41) is 0. The molecule has 0 saturated heterocycles. The van der Waals surface area contributed by atoms with E-state index in [0.717, 1.165) is 19.8 Å². The van der Waals surface area contributed by atoms with Crippen LogP contribution in [0.25, 0.3) is 0 Å². The van der Waals surface area contributed by atoms with Gasteiger partial charge in [0, 0.05) is 13.2 Å². The zero-order valence-corrected chi connectivity index (χ0v) is 16.4. The molecule has 23 heavy (non-hydrogen) atoms. The summed E-state index contributed by atoms with van der Waals surface area (Å²) >= 11 is 0. The average Bonchev–Trinajstić information content (AvgIpc) is 2.54. The van der Waals surface area contributed by atoms with E-state index in [-0.39, 0.29) is 6.10 Å². The number of hydrogen-bond acceptors (Lipinski definition) is 2. The van der Waals surface area contributed by atoms with E-state index in [1.165, 1.54) is 89.9 Å². The lowest BCUT2D eigenvalue weighted by molar-refractivity contribution is -0.00235. The molecule has 0 aliphatic heterocycles. The van der Waals surface area contributed by atoms with E-state index < -0.39 is 0 Å². The van der Waals surface area contributed by atoms with Crippen LogP contribution in [-0.2, 0) is 9.47 Å². The molecule has 0 aromatic rings. The second kappa shape index (κ2) is 20.0. The zero-order chi connectivity index (χ0) is 17.0. The van der Waals surface area contributed by atoms with E-state index in [0.29, 0.717) is 0 Å². The smallest absolute Gasteiger partial charge is 0.0780 e. The van der Waals surface area contributed by atoms with Crippen molar-refractivity contribution in [2.75, 3.05) is 19.8 Å². The van der Waals surface area contributed by atoms with E-state index in [1.807, 2.05) is 6.92 Å². The molecular formula is C21H44O2. The molecule has 0 amide bonds. The second-order valence-corrected chi connectivity index (χ2v) is 6.94. The van der Waals surface area contributed by atoms with Gasteiger partial charge in [0.2, 0.25) is 0 Å². The van der Waals surface area contributed by atoms with Crippen LogP contribution >= 0.6 is 0 Å². The first kappa shape index (κ1) is 22.9. The summed E-state index contributed by atoms with van der Waals surface area (Å²) in [5.74, 6) is 0. The van der Waals surface area contributed by atoms with E-state index >= 15 is 0 Å². The number of unbranched alkanes of at least 4 members (excludes halogenated alkanes) is 13. The molecule has 0 spiro atoms. The van der Waals surface area contributed by atoms with Crippen LogP contribution in [0, 0.1) is 0 Å². The Hall–Kier alpha value is -0.0800. The second-order valence-electron chi connectivity index (χ2n) is 6.94. The van der Waals surface area contributed by atoms with Gasteiger partial charge < -0.3 is 9.47 Å². The van der Waals surface area contributed by atoms with Crippen LogP contribution in [0.5, 0.6) is 0 Å². The quantitative estimate of drug-likeness (QED) is 0.240. The Morgan fingerprint density at radius 1 is 0.609 bits per heavy atom. The summed E-state index contributed by atoms with van der Waals surface area (Å²) < 4.78 is 11.1. The Balaban J connectivity index is 3.00. The molecule has 0 rings (SSSR count). The Bertz CT molecular complexity index is 206. The predicted octanol–water partition coefficient (Wildman–Crippen LogP) is 6.91. The van der Waals surface area contributed by atoms with Gasteiger partial charge in [0.1, 0.15) is 0 Å². The van der Waals surface area contributed by atoms with Crippen molar-refractivity contribution in [2.24, 2.45) is 0 Å². The van der Waals surface area contributed by atoms with Crippen LogP contribution in [0.15, 0.2) is 0 Å². The standard InChI is InChI=1S/C21H44O2/c1-4-6-7-8-9-10-11-12-13-14-15-16-17-18-19-22-20-21(3)23-5-2/h21H,4-20H2,1-3H3. The summed E-state index contributed by atoms with van der Waals surface area (Å²) in [6, 6.07) is 0. The van der Waals surface area contributed by atoms with E-state index in [9.17, 15) is 0 Å². The molecule has 2 nitrogen and oxygen atoms in total. The molecule has 0 heterocycles. The summed E-state index contributed by atoms with van der Waals surface area (Å²) in [6.07, 6.45) is 19.9. The largest absolute Gasteiger partial charge is 0.379 e. The van der Waals surface area contributed by atoms with Crippen molar-refractivity contribution < 1.29 is 9.47 Å². The maximum atomic E-state index is 5.63. The van der Waals surface area contributed by atoms with Gasteiger partial charge in [-0.2, -0.15) is 0 Å². The van der Waals surface area contributed by atoms with Gasteiger partial charge in [0.25, 0.3) is 0 Å². The van der Waals surface area contributed by atoms with Gasteiger partial charge in [-0.3, -0.25) is 0 Å². The summed E-state index contributed by atoms with van der Waals surface area (Å²) in [5.41, 5.74) is 0. The highest BCUT2D eigenvalue weighted by molar-refractivity contribution is 4.50. The fourth-order valence-corrected chi connectivity index (χ4v) is 2.98. The van der Waals surface area contributed by atoms with Gasteiger partial charge in [-0.25, -0.2) is 0 Å². The van der Waals surface area contributed by atoms with Crippen molar-refractivity contribution in [3.63, 3.8) is 0 Å². The molecule has 1 unspecified atom stereocenters. The van der Waals surface area contributed by atoms with Crippen LogP contribution in [0.3, 0.4) is 0 Å². The summed E-state index contributed by atoms with van der Waals surface area (Å²) in [6.45, 7) is 8.82. The summed E-state index contributed by atoms with van der Waals surface area (Å²) in [4.78, 5) is 0. The summed E-state index contributed by atoms with van der Waals surface area (Å²) in [7, 11) is 0. The van der Waals surface area contributed by atoms with Crippen molar-refractivity contribution in [1.82, 2.24) is 0 Å². The third kappa shape index (κ3) is 19.9. The van der Waals surface area contributed by atoms with Crippen molar-refractivity contribution >= 4 is 0 Å². The lowest BCUT2D eigenvalue weighted by Crippen LogP contribution is -2.16. The highest BCUT2D eigenvalue weighted by Crippen LogP contribution is 2.12. The molecule has 1 atom stereocenters. The Kier molecular flexibility index (Phi) is 19.9. The average molecular weight is 329 g/mol. The van der Waals surface area contributed by atoms with Crippen molar-refractivity contribution in [2.45, 2.75) is 117 Å². The van der Waals surface area contributed by atoms with Crippen LogP contribution in [0.2, 0.25) is 0 Å². The molecule has 0 N–H and O–H groups in total. The molecule has 0 bridgehead atoms. The first-order valence-electron chi connectivity index (χ1n) is 10.5. The minimum absolute atomic E-state index is 0.242. The van der Waals surface area contributed by atoms with Gasteiger partial charge in [0.15, 0.2) is 0 Å². The highest BCUT2D eigenvalue weighted by Gasteiger charge is 2.00. The third-order valence-electron chi connectivity index (χ3n) is 4.45. The molecule has 0 aromatic heterocycles. The monoisotopic (exact) mass is 328 g/mol. The molecular weight excluding hydrogens is 284 g/mol. The zero-order valence-electron chi connectivity index (χ0n) is 16.4. The van der Waals surface area contributed by atoms with Gasteiger partial charge in [-0.05, 0) is 20.3 Å². The number of rotatable bonds is 19. The van der Waals surface area contributed by atoms with Crippen LogP contribution in [0.1, 0.15) is 111 Å². The SMILES string of the molecule is CCCCCCCCCCCCCCCCOCC(C)OCC. The molecule has 0 aromatic carbocycles. The molecule has 0 radical (unpaired) electrons. The van der Waals surface area contributed by atoms with E-state index in [1.54, 1.807) is 0 Å². The van der Waals surface area contributed by atoms with Crippen LogP contribution in [0.4, 0.5) is 0 Å². The van der Waals surface area contributed by atoms with Gasteiger partial charge >= 0.3 is 0 Å². The molecule has 140 valence electrons. The maximum absolute atomic E-state index is 5.63. The third-order valence-corrected chi connectivity index (χ3v) is 4.45. The number of ether oxygens (including phenoxy) is 2. The Morgan fingerprint density at radius 2 is 1.04 bits per heavy atom. The lowest BCUT2D eigenvalue weighted by atomic mass is 10.0. The predicted molar refractivity (Wildman–Crippen MR) is 102 cm³/mol. The molecule has 2 heteroatoms. The van der Waals surface area contributed by atoms with Gasteiger partial charge in [0.05, 0.1) is 12.7 Å². The fourth-order valence-electron chi connectivity index (χ4n) is 2.98. The first-order valence-corrected chi connectivity index (χ1v) is 10.5. The topological polar surface area (TPSA) is 18.5 Å². The van der Waals surface area contributed by atoms with Crippen LogP contribution in [-0.4, -0.2) is 25.9 Å². The van der Waals surface area contributed by atoms with Gasteiger partial charge in [-0.1, -0.05) is 90.4 Å². The maximum Gasteiger partial charge on any atom is 0.0780 e. The van der Waals surface area contributed by atoms with Crippen molar-refractivity contribution in [1.29, 1.82) is 0 Å². The normalized spacial score (nSPS) is 12.7. The van der Waals surface area contributed by atoms with Crippen molar-refractivity contribution in [3.8, 4) is 0 Å². The van der Waals surface area contributed by atoms with Crippen molar-refractivity contribution in [3.05, 3.63) is 0 Å². The molecule has 0 aliphatic rings. The molecule has 0 fully saturated rings. The highest BCUT2D eigenvalue weighted by atomic mass is 16.5. The Morgan fingerprint density at radius 3 is 1.48 bits per heavy atom. The Labute approximate surface area is 146 Å². The van der Waals surface area contributed by atoms with E-state index in [2.05, 4.69) is 13.8 Å². The lowest BCUT2D eigenvalue weighted by Gasteiger charge is -2.11. The minimum Gasteiger partial charge on any atom is -0.379 e. The van der Waals surface area contributed by atoms with E-state index in [4.69, 9.17) is 9.47 Å². The van der Waals surface area contributed by atoms with Gasteiger partial charge in [-0.15, -0.1) is 0 Å². The van der Waals surface area contributed by atoms with Crippen LogP contribution < -0.4 is 0 Å². The molecule has 0 aliphatic carbocycles. The first-order chi connectivity index (χ1) is 11.3. The fraction of sp³-hybridized carbons (Fsp3) is 1.00. The molecule has 0 saturated carbocycles. The minimum atomic E-state index is 0.242.